The van der Waals surface area contributed by atoms with E-state index in [1.54, 1.807) is 12.2 Å². The minimum absolute atomic E-state index is 0.00333. The molecule has 0 heterocycles. The van der Waals surface area contributed by atoms with Crippen molar-refractivity contribution in [1.82, 2.24) is 4.72 Å². The number of nitrogens with one attached hydrogen (secondary N) is 2. The van der Waals surface area contributed by atoms with Gasteiger partial charge >= 0.3 is 0 Å². The van der Waals surface area contributed by atoms with Crippen LogP contribution in [0.3, 0.4) is 0 Å². The maximum absolute atomic E-state index is 11.7. The first-order valence-electron chi connectivity index (χ1n) is 8.91. The number of benzene rings is 1. The van der Waals surface area contributed by atoms with Gasteiger partial charge in [0.25, 0.3) is 0 Å². The number of carbonyl (C=O) groups excluding carboxylic acids is 1. The zero-order valence-electron chi connectivity index (χ0n) is 16.5. The van der Waals surface area contributed by atoms with E-state index in [-0.39, 0.29) is 11.8 Å². The van der Waals surface area contributed by atoms with Crippen LogP contribution in [-0.4, -0.2) is 38.8 Å². The molecule has 146 valence electrons. The summed E-state index contributed by atoms with van der Waals surface area (Å²) >= 11 is 0. The topological polar surface area (TPSA) is 87.6 Å². The molecule has 1 aromatic carbocycles. The van der Waals surface area contributed by atoms with E-state index in [1.165, 1.54) is 0 Å². The molecule has 0 radical (unpaired) electrons. The Kier molecular flexibility index (Phi) is 6.73. The summed E-state index contributed by atoms with van der Waals surface area (Å²) in [6, 6.07) is 5.84. The normalized spacial score (nSPS) is 17.5. The first-order valence-corrected chi connectivity index (χ1v) is 10.8. The molecule has 0 bridgehead atoms. The smallest absolute Gasteiger partial charge is 0.208 e. The highest BCUT2D eigenvalue weighted by Gasteiger charge is 2.14. The summed E-state index contributed by atoms with van der Waals surface area (Å²) < 4.78 is 25.1. The molecule has 1 atom stereocenters. The van der Waals surface area contributed by atoms with Gasteiger partial charge in [0.2, 0.25) is 10.0 Å². The predicted octanol–water partition coefficient (Wildman–Crippen LogP) is 3.28. The van der Waals surface area contributed by atoms with Gasteiger partial charge in [0.1, 0.15) is 0 Å². The van der Waals surface area contributed by atoms with Crippen molar-refractivity contribution < 1.29 is 13.2 Å². The van der Waals surface area contributed by atoms with Crippen molar-refractivity contribution in [2.45, 2.75) is 40.2 Å². The van der Waals surface area contributed by atoms with Crippen molar-refractivity contribution in [2.75, 3.05) is 18.1 Å². The minimum Gasteiger partial charge on any atom is -0.381 e. The largest absolute Gasteiger partial charge is 0.381 e. The molecule has 1 aromatic rings. The van der Waals surface area contributed by atoms with Crippen LogP contribution in [0, 0.1) is 6.92 Å². The second-order valence-corrected chi connectivity index (χ2v) is 8.65. The van der Waals surface area contributed by atoms with Gasteiger partial charge in [-0.1, -0.05) is 6.92 Å². The second kappa shape index (κ2) is 8.63. The Hall–Kier alpha value is -2.25. The molecule has 0 saturated heterocycles. The summed E-state index contributed by atoms with van der Waals surface area (Å²) in [4.78, 5) is 16.4. The summed E-state index contributed by atoms with van der Waals surface area (Å²) in [5, 5.41) is 3.35. The van der Waals surface area contributed by atoms with E-state index in [4.69, 9.17) is 4.99 Å². The summed E-state index contributed by atoms with van der Waals surface area (Å²) in [6.07, 6.45) is 5.24. The monoisotopic (exact) mass is 389 g/mol. The van der Waals surface area contributed by atoms with E-state index in [1.807, 2.05) is 45.9 Å². The van der Waals surface area contributed by atoms with E-state index in [2.05, 4.69) is 10.0 Å². The highest BCUT2D eigenvalue weighted by atomic mass is 32.2. The van der Waals surface area contributed by atoms with Crippen molar-refractivity contribution in [1.29, 1.82) is 0 Å². The Balaban J connectivity index is 2.17. The molecule has 0 spiro atoms. The lowest BCUT2D eigenvalue weighted by atomic mass is 9.97. The van der Waals surface area contributed by atoms with Crippen LogP contribution in [-0.2, 0) is 14.8 Å². The number of ketones is 1. The lowest BCUT2D eigenvalue weighted by Crippen LogP contribution is -2.35. The fourth-order valence-electron chi connectivity index (χ4n) is 2.69. The highest BCUT2D eigenvalue weighted by molar-refractivity contribution is 7.88. The number of hydrogen-bond acceptors (Lipinski definition) is 5. The van der Waals surface area contributed by atoms with Crippen LogP contribution >= 0.6 is 0 Å². The zero-order valence-corrected chi connectivity index (χ0v) is 17.3. The molecule has 2 N–H and O–H groups in total. The fraction of sp³-hybridized carbons (Fsp3) is 0.400. The number of sulfonamides is 1. The molecular weight excluding hydrogens is 362 g/mol. The molecule has 6 nitrogen and oxygen atoms in total. The number of allylic oxidation sites excluding steroid dienone is 4. The Morgan fingerprint density at radius 3 is 2.41 bits per heavy atom. The second-order valence-electron chi connectivity index (χ2n) is 6.82. The lowest BCUT2D eigenvalue weighted by molar-refractivity contribution is -0.111. The van der Waals surface area contributed by atoms with Crippen LogP contribution < -0.4 is 10.0 Å². The average molecular weight is 390 g/mol. The predicted molar refractivity (Wildman–Crippen MR) is 111 cm³/mol. The number of rotatable bonds is 7. The van der Waals surface area contributed by atoms with Gasteiger partial charge in [-0.05, 0) is 68.7 Å². The van der Waals surface area contributed by atoms with Crippen LogP contribution in [0.1, 0.15) is 32.8 Å². The van der Waals surface area contributed by atoms with Crippen LogP contribution in [0.15, 0.2) is 46.5 Å². The third-order valence-electron chi connectivity index (χ3n) is 4.60. The van der Waals surface area contributed by atoms with Crippen molar-refractivity contribution in [3.63, 3.8) is 0 Å². The standard InChI is InChI=1S/C20H27N3O3S/c1-6-16(12-21-27(5,25)26)22-17-7-8-18(13(2)11-17)23-19-9-10-20(24)15(4)14(19)3/h7-11,16,21-22H,6,12H2,1-5H3. The number of anilines is 1. The molecular formula is C20H27N3O3S. The number of hydrogen-bond donors (Lipinski definition) is 2. The van der Waals surface area contributed by atoms with Gasteiger partial charge in [-0.15, -0.1) is 0 Å². The molecule has 0 aromatic heterocycles. The molecule has 1 unspecified atom stereocenters. The molecule has 0 aliphatic heterocycles. The summed E-state index contributed by atoms with van der Waals surface area (Å²) in [5.74, 6) is 0.0241. The Morgan fingerprint density at radius 2 is 1.81 bits per heavy atom. The first kappa shape index (κ1) is 21.1. The maximum atomic E-state index is 11.7. The highest BCUT2D eigenvalue weighted by Crippen LogP contribution is 2.25. The van der Waals surface area contributed by atoms with E-state index in [0.717, 1.165) is 46.5 Å². The number of aryl methyl sites for hydroxylation is 1. The third kappa shape index (κ3) is 5.87. The van der Waals surface area contributed by atoms with E-state index < -0.39 is 10.0 Å². The van der Waals surface area contributed by atoms with Gasteiger partial charge in [-0.2, -0.15) is 0 Å². The average Bonchev–Trinajstić information content (AvgIpc) is 2.60. The molecule has 1 aliphatic rings. The molecule has 27 heavy (non-hydrogen) atoms. The van der Waals surface area contributed by atoms with Gasteiger partial charge in [0.05, 0.1) is 17.7 Å². The molecule has 0 fully saturated rings. The van der Waals surface area contributed by atoms with Gasteiger partial charge in [-0.25, -0.2) is 18.1 Å². The van der Waals surface area contributed by atoms with Gasteiger partial charge < -0.3 is 5.32 Å². The van der Waals surface area contributed by atoms with Gasteiger partial charge in [-0.3, -0.25) is 4.79 Å². The molecule has 0 amide bonds. The van der Waals surface area contributed by atoms with Crippen molar-refractivity contribution in [3.05, 3.63) is 47.1 Å². The third-order valence-corrected chi connectivity index (χ3v) is 5.29. The Labute approximate surface area is 161 Å². The van der Waals surface area contributed by atoms with E-state index in [0.29, 0.717) is 6.54 Å². The van der Waals surface area contributed by atoms with Crippen LogP contribution in [0.25, 0.3) is 0 Å². The SMILES string of the molecule is CCC(CNS(C)(=O)=O)Nc1ccc(N=C2C=CC(=O)C(C)=C2C)c(C)c1. The minimum atomic E-state index is -3.21. The van der Waals surface area contributed by atoms with Crippen LogP contribution in [0.4, 0.5) is 11.4 Å². The molecule has 2 rings (SSSR count). The zero-order chi connectivity index (χ0) is 20.2. The maximum Gasteiger partial charge on any atom is 0.208 e. The van der Waals surface area contributed by atoms with Gasteiger partial charge in [0.15, 0.2) is 5.78 Å². The Bertz CT molecular complexity index is 928. The summed E-state index contributed by atoms with van der Waals surface area (Å²) in [5.41, 5.74) is 5.15. The van der Waals surface area contributed by atoms with Crippen LogP contribution in [0.2, 0.25) is 0 Å². The fourth-order valence-corrected chi connectivity index (χ4v) is 3.19. The number of nitrogens with zero attached hydrogens (tertiary/aromatic N) is 1. The van der Waals surface area contributed by atoms with Crippen molar-refractivity contribution >= 4 is 32.9 Å². The Morgan fingerprint density at radius 1 is 1.11 bits per heavy atom. The number of carbonyl (C=O) groups is 1. The van der Waals surface area contributed by atoms with E-state index in [9.17, 15) is 13.2 Å². The summed E-state index contributed by atoms with van der Waals surface area (Å²) in [6.45, 7) is 8.03. The molecule has 7 heteroatoms. The molecule has 1 aliphatic carbocycles. The quantitative estimate of drug-likeness (QED) is 0.701. The lowest BCUT2D eigenvalue weighted by Gasteiger charge is -2.19. The van der Waals surface area contributed by atoms with E-state index >= 15 is 0 Å². The van der Waals surface area contributed by atoms with Crippen molar-refractivity contribution in [2.24, 2.45) is 4.99 Å². The first-order chi connectivity index (χ1) is 12.6. The summed E-state index contributed by atoms with van der Waals surface area (Å²) in [7, 11) is -3.21. The van der Waals surface area contributed by atoms with Crippen LogP contribution in [0.5, 0.6) is 0 Å². The number of aliphatic imine (C=N–C) groups is 1. The molecule has 0 saturated carbocycles. The van der Waals surface area contributed by atoms with Crippen molar-refractivity contribution in [3.8, 4) is 0 Å². The van der Waals surface area contributed by atoms with Gasteiger partial charge in [0, 0.05) is 23.8 Å².